The number of carbonyl (C=O) groups excluding carboxylic acids is 1. The fraction of sp³-hybridized carbons (Fsp3) is 0.417. The number of aliphatic hydroxyl groups is 1. The van der Waals surface area contributed by atoms with E-state index in [-0.39, 0.29) is 6.42 Å². The molecule has 2 atom stereocenters. The van der Waals surface area contributed by atoms with Gasteiger partial charge < -0.3 is 15.2 Å². The van der Waals surface area contributed by atoms with Crippen LogP contribution in [0.1, 0.15) is 29.7 Å². The molecule has 0 fully saturated rings. The van der Waals surface area contributed by atoms with Crippen molar-refractivity contribution in [3.63, 3.8) is 0 Å². The number of hydrogen-bond acceptors (Lipinski definition) is 3. The van der Waals surface area contributed by atoms with Gasteiger partial charge in [0, 0.05) is 6.42 Å². The van der Waals surface area contributed by atoms with E-state index in [2.05, 4.69) is 0 Å². The summed E-state index contributed by atoms with van der Waals surface area (Å²) in [4.78, 5) is 10.9. The summed E-state index contributed by atoms with van der Waals surface area (Å²) in [5.41, 5.74) is 0.956. The summed E-state index contributed by atoms with van der Waals surface area (Å²) < 4.78 is 41.6. The Labute approximate surface area is 107 Å². The number of fused-ring (bicyclic) bond motifs is 1. The topological polar surface area (TPSA) is 58.6 Å². The van der Waals surface area contributed by atoms with Crippen LogP contribution in [-0.2, 0) is 4.79 Å². The zero-order valence-electron chi connectivity index (χ0n) is 9.99. The Kier molecular flexibility index (Phi) is 3.40. The zero-order chi connectivity index (χ0) is 14.2. The van der Waals surface area contributed by atoms with E-state index in [4.69, 9.17) is 4.74 Å². The Morgan fingerprint density at radius 2 is 2.11 bits per heavy atom. The van der Waals surface area contributed by atoms with Crippen molar-refractivity contribution >= 4 is 5.91 Å². The highest BCUT2D eigenvalue weighted by molar-refractivity contribution is 5.82. The minimum absolute atomic E-state index is 0.0182. The maximum Gasteiger partial charge on any atom is 0.471 e. The smallest absolute Gasteiger partial charge is 0.471 e. The van der Waals surface area contributed by atoms with Crippen molar-refractivity contribution in [1.29, 1.82) is 0 Å². The molecule has 0 aromatic heterocycles. The minimum atomic E-state index is -4.94. The highest BCUT2D eigenvalue weighted by Gasteiger charge is 2.42. The van der Waals surface area contributed by atoms with Gasteiger partial charge in [0.05, 0.1) is 19.3 Å². The molecule has 1 aromatic rings. The number of hydrogen-bond donors (Lipinski definition) is 2. The molecule has 0 saturated carbocycles. The second-order valence-corrected chi connectivity index (χ2v) is 4.27. The van der Waals surface area contributed by atoms with Gasteiger partial charge in [-0.25, -0.2) is 0 Å². The van der Waals surface area contributed by atoms with Crippen LogP contribution in [0.25, 0.3) is 0 Å². The molecular weight excluding hydrogens is 263 g/mol. The van der Waals surface area contributed by atoms with Crippen LogP contribution in [0.3, 0.4) is 0 Å². The lowest BCUT2D eigenvalue weighted by atomic mass is 10.1. The van der Waals surface area contributed by atoms with Crippen LogP contribution in [0, 0.1) is 0 Å². The van der Waals surface area contributed by atoms with Crippen molar-refractivity contribution in [2.24, 2.45) is 0 Å². The van der Waals surface area contributed by atoms with Crippen LogP contribution >= 0.6 is 0 Å². The Bertz CT molecular complexity index is 501. The molecule has 0 radical (unpaired) electrons. The van der Waals surface area contributed by atoms with E-state index in [1.165, 1.54) is 13.2 Å². The number of halogens is 3. The van der Waals surface area contributed by atoms with E-state index in [1.54, 1.807) is 12.1 Å². The Hall–Kier alpha value is -1.76. The molecular formula is C12H12F3NO3. The molecule has 0 aliphatic heterocycles. The molecule has 4 nitrogen and oxygen atoms in total. The molecule has 0 unspecified atom stereocenters. The number of alkyl halides is 3. The first-order chi connectivity index (χ1) is 8.82. The van der Waals surface area contributed by atoms with Crippen LogP contribution in [0.15, 0.2) is 18.2 Å². The average Bonchev–Trinajstić information content (AvgIpc) is 2.64. The molecule has 2 N–H and O–H groups in total. The maximum absolute atomic E-state index is 12.2. The second-order valence-electron chi connectivity index (χ2n) is 4.27. The number of ether oxygens (including phenoxy) is 1. The third-order valence-corrected chi connectivity index (χ3v) is 3.05. The van der Waals surface area contributed by atoms with Gasteiger partial charge in [-0.3, -0.25) is 4.79 Å². The van der Waals surface area contributed by atoms with Gasteiger partial charge in [-0.05, 0) is 23.3 Å². The SMILES string of the molecule is COc1ccc2c(c1)[C@H](NC(=O)C(F)(F)F)C[C@@H]2O. The normalized spacial score (nSPS) is 21.9. The Morgan fingerprint density at radius 3 is 2.68 bits per heavy atom. The Balaban J connectivity index is 2.25. The molecule has 0 bridgehead atoms. The predicted molar refractivity (Wildman–Crippen MR) is 59.5 cm³/mol. The summed E-state index contributed by atoms with van der Waals surface area (Å²) in [7, 11) is 1.43. The number of rotatable bonds is 2. The number of amides is 1. The van der Waals surface area contributed by atoms with Gasteiger partial charge in [-0.2, -0.15) is 13.2 Å². The quantitative estimate of drug-likeness (QED) is 0.866. The van der Waals surface area contributed by atoms with E-state index in [1.807, 2.05) is 5.32 Å². The van der Waals surface area contributed by atoms with E-state index in [0.29, 0.717) is 16.9 Å². The largest absolute Gasteiger partial charge is 0.497 e. The number of carbonyl (C=O) groups is 1. The summed E-state index contributed by atoms with van der Waals surface area (Å²) in [6.07, 6.45) is -5.81. The molecule has 104 valence electrons. The average molecular weight is 275 g/mol. The molecule has 1 amide bonds. The van der Waals surface area contributed by atoms with Crippen LogP contribution in [0.4, 0.5) is 13.2 Å². The molecule has 0 spiro atoms. The third-order valence-electron chi connectivity index (χ3n) is 3.05. The summed E-state index contributed by atoms with van der Waals surface area (Å²) >= 11 is 0. The monoisotopic (exact) mass is 275 g/mol. The summed E-state index contributed by atoms with van der Waals surface area (Å²) in [5, 5.41) is 11.6. The lowest BCUT2D eigenvalue weighted by Gasteiger charge is -2.15. The highest BCUT2D eigenvalue weighted by atomic mass is 19.4. The van der Waals surface area contributed by atoms with Crippen molar-refractivity contribution in [3.8, 4) is 5.75 Å². The predicted octanol–water partition coefficient (Wildman–Crippen LogP) is 1.85. The molecule has 1 aliphatic rings. The number of benzene rings is 1. The fourth-order valence-electron chi connectivity index (χ4n) is 2.14. The molecule has 0 saturated heterocycles. The second kappa shape index (κ2) is 4.73. The van der Waals surface area contributed by atoms with Gasteiger partial charge in [0.15, 0.2) is 0 Å². The highest BCUT2D eigenvalue weighted by Crippen LogP contribution is 2.40. The van der Waals surface area contributed by atoms with Crippen molar-refractivity contribution in [1.82, 2.24) is 5.32 Å². The lowest BCUT2D eigenvalue weighted by molar-refractivity contribution is -0.174. The van der Waals surface area contributed by atoms with E-state index >= 15 is 0 Å². The summed E-state index contributed by atoms with van der Waals surface area (Å²) in [6.45, 7) is 0. The van der Waals surface area contributed by atoms with Gasteiger partial charge in [0.25, 0.3) is 0 Å². The van der Waals surface area contributed by atoms with Gasteiger partial charge in [-0.1, -0.05) is 6.07 Å². The molecule has 2 rings (SSSR count). The van der Waals surface area contributed by atoms with Gasteiger partial charge in [0.1, 0.15) is 5.75 Å². The fourth-order valence-corrected chi connectivity index (χ4v) is 2.14. The van der Waals surface area contributed by atoms with Gasteiger partial charge in [0.2, 0.25) is 0 Å². The van der Waals surface area contributed by atoms with E-state index < -0.39 is 24.2 Å². The molecule has 7 heteroatoms. The minimum Gasteiger partial charge on any atom is -0.497 e. The number of aliphatic hydroxyl groups excluding tert-OH is 1. The Morgan fingerprint density at radius 1 is 1.42 bits per heavy atom. The van der Waals surface area contributed by atoms with Crippen LogP contribution in [0.2, 0.25) is 0 Å². The number of methoxy groups -OCH3 is 1. The van der Waals surface area contributed by atoms with Crippen molar-refractivity contribution in [3.05, 3.63) is 29.3 Å². The van der Waals surface area contributed by atoms with Crippen LogP contribution < -0.4 is 10.1 Å². The summed E-state index contributed by atoms with van der Waals surface area (Å²) in [5.74, 6) is -1.56. The first-order valence-corrected chi connectivity index (χ1v) is 5.56. The first kappa shape index (κ1) is 13.7. The summed E-state index contributed by atoms with van der Waals surface area (Å²) in [6, 6.07) is 3.84. The van der Waals surface area contributed by atoms with E-state index in [0.717, 1.165) is 0 Å². The van der Waals surface area contributed by atoms with Crippen molar-refractivity contribution in [2.75, 3.05) is 7.11 Å². The molecule has 0 heterocycles. The van der Waals surface area contributed by atoms with Crippen molar-refractivity contribution in [2.45, 2.75) is 24.7 Å². The van der Waals surface area contributed by atoms with Gasteiger partial charge in [-0.15, -0.1) is 0 Å². The van der Waals surface area contributed by atoms with Gasteiger partial charge >= 0.3 is 12.1 Å². The molecule has 19 heavy (non-hydrogen) atoms. The molecule has 1 aromatic carbocycles. The molecule has 1 aliphatic carbocycles. The zero-order valence-corrected chi connectivity index (χ0v) is 9.99. The lowest BCUT2D eigenvalue weighted by Crippen LogP contribution is -2.38. The number of nitrogens with one attached hydrogen (secondary N) is 1. The third kappa shape index (κ3) is 2.65. The standard InChI is InChI=1S/C12H12F3NO3/c1-19-6-2-3-7-8(4-6)9(5-10(7)17)16-11(18)12(13,14)15/h2-4,9-10,17H,5H2,1H3,(H,16,18)/t9-,10+/m1/s1. The first-order valence-electron chi connectivity index (χ1n) is 5.56. The van der Waals surface area contributed by atoms with Crippen LogP contribution in [0.5, 0.6) is 5.75 Å². The van der Waals surface area contributed by atoms with Crippen LogP contribution in [-0.4, -0.2) is 24.3 Å². The maximum atomic E-state index is 12.2. The van der Waals surface area contributed by atoms with Crippen molar-refractivity contribution < 1.29 is 27.8 Å². The van der Waals surface area contributed by atoms with E-state index in [9.17, 15) is 23.1 Å².